The molecule has 4 nitrogen and oxygen atoms in total. The average molecular weight is 286 g/mol. The number of rotatable bonds is 9. The van der Waals surface area contributed by atoms with Crippen LogP contribution in [0.25, 0.3) is 0 Å². The standard InChI is InChI=1S/C17H26N4/c1-3-4-11-18-17-19-12-15-21(17)14-8-13-20(2)16-9-6-5-7-10-16/h5-7,9-10,12,15H,3-4,8,11,13-14H2,1-2H3,(H,18,19). The number of anilines is 2. The van der Waals surface area contributed by atoms with Crippen molar-refractivity contribution in [3.63, 3.8) is 0 Å². The fraction of sp³-hybridized carbons (Fsp3) is 0.471. The quantitative estimate of drug-likeness (QED) is 0.715. The van der Waals surface area contributed by atoms with Gasteiger partial charge in [0.15, 0.2) is 0 Å². The molecule has 0 aliphatic heterocycles. The minimum absolute atomic E-state index is 0.991. The first-order chi connectivity index (χ1) is 10.3. The summed E-state index contributed by atoms with van der Waals surface area (Å²) in [5.41, 5.74) is 1.27. The SMILES string of the molecule is CCCCNc1nccn1CCCN(C)c1ccccc1. The van der Waals surface area contributed by atoms with Crippen LogP contribution in [0.3, 0.4) is 0 Å². The molecule has 0 saturated heterocycles. The van der Waals surface area contributed by atoms with Crippen LogP contribution >= 0.6 is 0 Å². The molecule has 2 rings (SSSR count). The number of unbranched alkanes of at least 4 members (excludes halogenated alkanes) is 1. The fourth-order valence-corrected chi connectivity index (χ4v) is 2.32. The molecule has 21 heavy (non-hydrogen) atoms. The van der Waals surface area contributed by atoms with Gasteiger partial charge in [0.1, 0.15) is 0 Å². The monoisotopic (exact) mass is 286 g/mol. The van der Waals surface area contributed by atoms with Gasteiger partial charge in [-0.25, -0.2) is 4.98 Å². The third-order valence-corrected chi connectivity index (χ3v) is 3.62. The van der Waals surface area contributed by atoms with E-state index in [4.69, 9.17) is 0 Å². The number of benzene rings is 1. The molecule has 0 amide bonds. The number of aromatic nitrogens is 2. The Bertz CT molecular complexity index is 507. The van der Waals surface area contributed by atoms with Gasteiger partial charge in [-0.1, -0.05) is 31.5 Å². The molecule has 0 saturated carbocycles. The topological polar surface area (TPSA) is 33.1 Å². The molecule has 1 aromatic carbocycles. The smallest absolute Gasteiger partial charge is 0.202 e. The Kier molecular flexibility index (Phi) is 6.13. The van der Waals surface area contributed by atoms with Crippen molar-refractivity contribution in [2.75, 3.05) is 30.4 Å². The number of hydrogen-bond donors (Lipinski definition) is 1. The molecular weight excluding hydrogens is 260 g/mol. The van der Waals surface area contributed by atoms with E-state index in [-0.39, 0.29) is 0 Å². The van der Waals surface area contributed by atoms with Gasteiger partial charge in [-0.3, -0.25) is 0 Å². The van der Waals surface area contributed by atoms with E-state index >= 15 is 0 Å². The number of hydrogen-bond acceptors (Lipinski definition) is 3. The fourth-order valence-electron chi connectivity index (χ4n) is 2.32. The Hall–Kier alpha value is -1.97. The number of nitrogens with zero attached hydrogens (tertiary/aromatic N) is 3. The van der Waals surface area contributed by atoms with Crippen molar-refractivity contribution in [3.8, 4) is 0 Å². The second-order valence-electron chi connectivity index (χ2n) is 5.34. The highest BCUT2D eigenvalue weighted by Gasteiger charge is 2.03. The highest BCUT2D eigenvalue weighted by Crippen LogP contribution is 2.12. The zero-order valence-corrected chi connectivity index (χ0v) is 13.1. The summed E-state index contributed by atoms with van der Waals surface area (Å²) in [4.78, 5) is 6.67. The zero-order valence-electron chi connectivity index (χ0n) is 13.1. The van der Waals surface area contributed by atoms with E-state index in [9.17, 15) is 0 Å². The van der Waals surface area contributed by atoms with Gasteiger partial charge in [-0.2, -0.15) is 0 Å². The van der Waals surface area contributed by atoms with Crippen molar-refractivity contribution in [3.05, 3.63) is 42.7 Å². The lowest BCUT2D eigenvalue weighted by atomic mass is 10.3. The third-order valence-electron chi connectivity index (χ3n) is 3.62. The Labute approximate surface area is 127 Å². The lowest BCUT2D eigenvalue weighted by molar-refractivity contribution is 0.640. The predicted molar refractivity (Wildman–Crippen MR) is 90.0 cm³/mol. The summed E-state index contributed by atoms with van der Waals surface area (Å²) in [7, 11) is 2.14. The molecule has 1 aromatic heterocycles. The minimum Gasteiger partial charge on any atom is -0.375 e. The molecule has 1 N–H and O–H groups in total. The van der Waals surface area contributed by atoms with Crippen molar-refractivity contribution >= 4 is 11.6 Å². The van der Waals surface area contributed by atoms with Gasteiger partial charge >= 0.3 is 0 Å². The molecule has 114 valence electrons. The normalized spacial score (nSPS) is 10.6. The van der Waals surface area contributed by atoms with Crippen molar-refractivity contribution in [2.45, 2.75) is 32.7 Å². The Balaban J connectivity index is 1.77. The second-order valence-corrected chi connectivity index (χ2v) is 5.34. The van der Waals surface area contributed by atoms with Crippen LogP contribution in [-0.2, 0) is 6.54 Å². The van der Waals surface area contributed by atoms with Crippen molar-refractivity contribution in [1.29, 1.82) is 0 Å². The van der Waals surface area contributed by atoms with Crippen LogP contribution in [0.4, 0.5) is 11.6 Å². The lowest BCUT2D eigenvalue weighted by Crippen LogP contribution is -2.20. The molecule has 0 bridgehead atoms. The van der Waals surface area contributed by atoms with E-state index in [2.05, 4.69) is 70.3 Å². The highest BCUT2D eigenvalue weighted by atomic mass is 15.2. The first-order valence-electron chi connectivity index (χ1n) is 7.82. The molecule has 0 aliphatic rings. The molecule has 1 heterocycles. The van der Waals surface area contributed by atoms with Crippen LogP contribution in [0.1, 0.15) is 26.2 Å². The van der Waals surface area contributed by atoms with E-state index < -0.39 is 0 Å². The van der Waals surface area contributed by atoms with Gasteiger partial charge < -0.3 is 14.8 Å². The van der Waals surface area contributed by atoms with Crippen LogP contribution in [0.5, 0.6) is 0 Å². The largest absolute Gasteiger partial charge is 0.375 e. The first kappa shape index (κ1) is 15.4. The van der Waals surface area contributed by atoms with Crippen LogP contribution in [-0.4, -0.2) is 29.7 Å². The molecule has 4 heteroatoms. The van der Waals surface area contributed by atoms with Gasteiger partial charge in [0.2, 0.25) is 5.95 Å². The van der Waals surface area contributed by atoms with Gasteiger partial charge in [0, 0.05) is 44.8 Å². The number of para-hydroxylation sites is 1. The molecular formula is C17H26N4. The number of nitrogens with one attached hydrogen (secondary N) is 1. The zero-order chi connectivity index (χ0) is 14.9. The number of imidazole rings is 1. The minimum atomic E-state index is 0.991. The van der Waals surface area contributed by atoms with Gasteiger partial charge in [0.05, 0.1) is 0 Å². The Morgan fingerprint density at radius 3 is 2.76 bits per heavy atom. The Morgan fingerprint density at radius 2 is 2.00 bits per heavy atom. The molecule has 0 unspecified atom stereocenters. The average Bonchev–Trinajstić information content (AvgIpc) is 2.96. The molecule has 2 aromatic rings. The molecule has 0 radical (unpaired) electrons. The lowest BCUT2D eigenvalue weighted by Gasteiger charge is -2.19. The van der Waals surface area contributed by atoms with Crippen molar-refractivity contribution in [1.82, 2.24) is 9.55 Å². The number of aryl methyl sites for hydroxylation is 1. The van der Waals surface area contributed by atoms with E-state index in [1.54, 1.807) is 0 Å². The highest BCUT2D eigenvalue weighted by molar-refractivity contribution is 5.44. The molecule has 0 fully saturated rings. The molecule has 0 spiro atoms. The second kappa shape index (κ2) is 8.35. The maximum atomic E-state index is 4.38. The van der Waals surface area contributed by atoms with Crippen LogP contribution in [0, 0.1) is 0 Å². The van der Waals surface area contributed by atoms with Gasteiger partial charge in [-0.05, 0) is 25.0 Å². The van der Waals surface area contributed by atoms with Gasteiger partial charge in [0.25, 0.3) is 0 Å². The van der Waals surface area contributed by atoms with E-state index in [0.29, 0.717) is 0 Å². The van der Waals surface area contributed by atoms with E-state index in [1.165, 1.54) is 18.5 Å². The summed E-state index contributed by atoms with van der Waals surface area (Å²) in [6.45, 7) is 5.23. The van der Waals surface area contributed by atoms with Crippen LogP contribution < -0.4 is 10.2 Å². The Morgan fingerprint density at radius 1 is 1.19 bits per heavy atom. The maximum absolute atomic E-state index is 4.38. The third kappa shape index (κ3) is 4.81. The summed E-state index contributed by atoms with van der Waals surface area (Å²) >= 11 is 0. The first-order valence-corrected chi connectivity index (χ1v) is 7.82. The summed E-state index contributed by atoms with van der Waals surface area (Å²) in [5, 5.41) is 3.40. The maximum Gasteiger partial charge on any atom is 0.202 e. The van der Waals surface area contributed by atoms with Crippen LogP contribution in [0.15, 0.2) is 42.7 Å². The van der Waals surface area contributed by atoms with Crippen LogP contribution in [0.2, 0.25) is 0 Å². The van der Waals surface area contributed by atoms with E-state index in [1.807, 2.05) is 6.20 Å². The summed E-state index contributed by atoms with van der Waals surface area (Å²) in [5.74, 6) is 0.991. The predicted octanol–water partition coefficient (Wildman–Crippen LogP) is 3.62. The van der Waals surface area contributed by atoms with Crippen molar-refractivity contribution < 1.29 is 0 Å². The molecule has 0 atom stereocenters. The van der Waals surface area contributed by atoms with Crippen molar-refractivity contribution in [2.24, 2.45) is 0 Å². The van der Waals surface area contributed by atoms with Gasteiger partial charge in [-0.15, -0.1) is 0 Å². The summed E-state index contributed by atoms with van der Waals surface area (Å²) in [6.07, 6.45) is 7.41. The molecule has 0 aliphatic carbocycles. The van der Waals surface area contributed by atoms with E-state index in [0.717, 1.165) is 32.0 Å². The summed E-state index contributed by atoms with van der Waals surface area (Å²) < 4.78 is 2.20. The summed E-state index contributed by atoms with van der Waals surface area (Å²) in [6, 6.07) is 10.5.